The fourth-order valence-corrected chi connectivity index (χ4v) is 7.90. The van der Waals surface area contributed by atoms with Gasteiger partial charge in [-0.2, -0.15) is 4.98 Å². The first kappa shape index (κ1) is 27.0. The summed E-state index contributed by atoms with van der Waals surface area (Å²) in [5.41, 5.74) is 4.43. The normalized spacial score (nSPS) is 23.2. The number of anilines is 4. The molecule has 206 valence electrons. The lowest BCUT2D eigenvalue weighted by molar-refractivity contribution is -0.0389. The minimum absolute atomic E-state index is 0.369. The highest BCUT2D eigenvalue weighted by Gasteiger charge is 2.41. The Balaban J connectivity index is 1.18. The molecule has 2 aromatic carbocycles. The Labute approximate surface area is 240 Å². The van der Waals surface area contributed by atoms with Crippen LogP contribution in [0.4, 0.5) is 23.1 Å². The van der Waals surface area contributed by atoms with Crippen molar-refractivity contribution in [2.45, 2.75) is 56.7 Å². The minimum atomic E-state index is -2.59. The zero-order valence-electron chi connectivity index (χ0n) is 22.3. The van der Waals surface area contributed by atoms with Crippen molar-refractivity contribution in [2.24, 2.45) is 0 Å². The summed E-state index contributed by atoms with van der Waals surface area (Å²) in [7, 11) is -2.59. The number of nitrogens with zero attached hydrogens (tertiary/aromatic N) is 3. The molecule has 0 radical (unpaired) electrons. The van der Waals surface area contributed by atoms with E-state index in [1.54, 1.807) is 37.7 Å². The largest absolute Gasteiger partial charge is 0.378 e. The Hall–Kier alpha value is -2.15. The summed E-state index contributed by atoms with van der Waals surface area (Å²) >= 11 is 12.6. The zero-order chi connectivity index (χ0) is 27.1. The molecule has 0 saturated carbocycles. The molecular weight excluding hydrogens is 552 g/mol. The van der Waals surface area contributed by atoms with Gasteiger partial charge >= 0.3 is 0 Å². The predicted octanol–water partition coefficient (Wildman–Crippen LogP) is 6.63. The molecule has 6 rings (SSSR count). The molecule has 1 aromatic heterocycles. The molecule has 2 fully saturated rings. The maximum Gasteiger partial charge on any atom is 0.229 e. The number of morpholine rings is 1. The van der Waals surface area contributed by atoms with E-state index in [-0.39, 0.29) is 0 Å². The maximum absolute atomic E-state index is 12.9. The van der Waals surface area contributed by atoms with E-state index in [9.17, 15) is 4.57 Å². The number of aromatic nitrogens is 2. The number of fused-ring (bicyclic) bond motifs is 3. The van der Waals surface area contributed by atoms with Crippen LogP contribution in [-0.2, 0) is 22.1 Å². The molecule has 2 saturated heterocycles. The van der Waals surface area contributed by atoms with Gasteiger partial charge < -0.3 is 19.9 Å². The maximum atomic E-state index is 12.9. The van der Waals surface area contributed by atoms with Crippen molar-refractivity contribution < 1.29 is 9.30 Å². The summed E-state index contributed by atoms with van der Waals surface area (Å²) in [6.45, 7) is 5.21. The first-order chi connectivity index (χ1) is 18.7. The number of ether oxygens (including phenoxy) is 1. The second-order valence-electron chi connectivity index (χ2n) is 11.2. The molecule has 2 N–H and O–H groups in total. The van der Waals surface area contributed by atoms with Crippen LogP contribution >= 0.6 is 30.3 Å². The van der Waals surface area contributed by atoms with Crippen molar-refractivity contribution in [2.75, 3.05) is 37.2 Å². The van der Waals surface area contributed by atoms with Gasteiger partial charge in [-0.1, -0.05) is 29.3 Å². The first-order valence-electron chi connectivity index (χ1n) is 13.6. The number of aryl methyl sites for hydroxylation is 2. The van der Waals surface area contributed by atoms with Crippen LogP contribution in [-0.4, -0.2) is 59.5 Å². The van der Waals surface area contributed by atoms with Gasteiger partial charge in [0.05, 0.1) is 25.1 Å². The molecular formula is C29H34Cl2N5O2P. The second-order valence-corrected chi connectivity index (χ2v) is 15.3. The van der Waals surface area contributed by atoms with Crippen molar-refractivity contribution in [1.82, 2.24) is 14.9 Å². The number of hydrogen-bond acceptors (Lipinski definition) is 7. The number of nitrogens with one attached hydrogen (secondary N) is 2. The van der Waals surface area contributed by atoms with Crippen LogP contribution in [0.3, 0.4) is 0 Å². The standard InChI is InChI=1S/C29H34Cl2N5O2P/c1-39(2,37)27-14-20(30)6-12-26(27)34-28-25(31)15-32-29(35-28)33-21-7-3-18-4-8-22(9-5-19(18)13-21)36-23-10-11-24(36)17-38-16-23/h3,6-7,12-15,22-24H,4-5,8-11,16-17H2,1-2H3,(H2,32,33,34,35)/t22-,23?,24?/m1/s1. The summed E-state index contributed by atoms with van der Waals surface area (Å²) in [5.74, 6) is 0.869. The van der Waals surface area contributed by atoms with Crippen LogP contribution in [0.2, 0.25) is 10.0 Å². The van der Waals surface area contributed by atoms with E-state index in [0.29, 0.717) is 50.9 Å². The third kappa shape index (κ3) is 5.84. The Morgan fingerprint density at radius 2 is 1.67 bits per heavy atom. The summed E-state index contributed by atoms with van der Waals surface area (Å²) < 4.78 is 18.7. The van der Waals surface area contributed by atoms with E-state index in [1.807, 2.05) is 0 Å². The number of hydrogen-bond donors (Lipinski definition) is 2. The van der Waals surface area contributed by atoms with E-state index >= 15 is 0 Å². The first-order valence-corrected chi connectivity index (χ1v) is 17.0. The highest BCUT2D eigenvalue weighted by atomic mass is 35.5. The zero-order valence-corrected chi connectivity index (χ0v) is 24.7. The fraction of sp³-hybridized carbons (Fsp3) is 0.448. The van der Waals surface area contributed by atoms with E-state index in [2.05, 4.69) is 43.7 Å². The van der Waals surface area contributed by atoms with Gasteiger partial charge in [0.25, 0.3) is 0 Å². The van der Waals surface area contributed by atoms with Gasteiger partial charge in [-0.3, -0.25) is 4.90 Å². The van der Waals surface area contributed by atoms with E-state index in [4.69, 9.17) is 27.9 Å². The molecule has 2 bridgehead atoms. The van der Waals surface area contributed by atoms with Crippen molar-refractivity contribution >= 4 is 58.8 Å². The van der Waals surface area contributed by atoms with Gasteiger partial charge in [-0.15, -0.1) is 0 Å². The van der Waals surface area contributed by atoms with Gasteiger partial charge in [-0.05, 0) is 93.3 Å². The topological polar surface area (TPSA) is 79.4 Å². The van der Waals surface area contributed by atoms with Crippen molar-refractivity contribution in [3.63, 3.8) is 0 Å². The molecule has 3 aromatic rings. The lowest BCUT2D eigenvalue weighted by atomic mass is 10.0. The molecule has 0 spiro atoms. The van der Waals surface area contributed by atoms with Gasteiger partial charge in [-0.25, -0.2) is 4.98 Å². The Morgan fingerprint density at radius 1 is 0.923 bits per heavy atom. The molecule has 10 heteroatoms. The predicted molar refractivity (Wildman–Crippen MR) is 160 cm³/mol. The highest BCUT2D eigenvalue weighted by molar-refractivity contribution is 7.70. The fourth-order valence-electron chi connectivity index (χ4n) is 6.35. The quantitative estimate of drug-likeness (QED) is 0.248. The monoisotopic (exact) mass is 585 g/mol. The summed E-state index contributed by atoms with van der Waals surface area (Å²) in [5, 5.41) is 8.14. The molecule has 3 aliphatic rings. The molecule has 0 amide bonds. The molecule has 3 heterocycles. The number of rotatable bonds is 6. The van der Waals surface area contributed by atoms with Gasteiger partial charge in [0.15, 0.2) is 5.82 Å². The van der Waals surface area contributed by atoms with Crippen molar-refractivity contribution in [1.29, 1.82) is 0 Å². The Kier molecular flexibility index (Phi) is 7.64. The summed E-state index contributed by atoms with van der Waals surface area (Å²) in [6.07, 6.45) is 8.66. The van der Waals surface area contributed by atoms with Gasteiger partial charge in [0.2, 0.25) is 5.95 Å². The Bertz CT molecular complexity index is 1410. The van der Waals surface area contributed by atoms with Crippen molar-refractivity contribution in [3.8, 4) is 0 Å². The van der Waals surface area contributed by atoms with Crippen molar-refractivity contribution in [3.05, 3.63) is 63.8 Å². The van der Waals surface area contributed by atoms with Crippen LogP contribution in [0.15, 0.2) is 42.6 Å². The molecule has 2 unspecified atom stereocenters. The average molecular weight is 587 g/mol. The molecule has 1 aliphatic carbocycles. The summed E-state index contributed by atoms with van der Waals surface area (Å²) in [4.78, 5) is 11.8. The number of benzene rings is 2. The SMILES string of the molecule is CP(C)(=O)c1cc(Cl)ccc1Nc1nc(Nc2ccc3c(c2)CC[C@H](N2C4CCC2COC4)CC3)ncc1Cl. The Morgan fingerprint density at radius 3 is 2.41 bits per heavy atom. The smallest absolute Gasteiger partial charge is 0.229 e. The summed E-state index contributed by atoms with van der Waals surface area (Å²) in [6, 6.07) is 13.7. The third-order valence-electron chi connectivity index (χ3n) is 8.21. The van der Waals surface area contributed by atoms with Crippen LogP contribution < -0.4 is 15.9 Å². The highest BCUT2D eigenvalue weighted by Crippen LogP contribution is 2.40. The van der Waals surface area contributed by atoms with E-state index < -0.39 is 7.14 Å². The van der Waals surface area contributed by atoms with Crippen LogP contribution in [0.25, 0.3) is 0 Å². The van der Waals surface area contributed by atoms with E-state index in [1.165, 1.54) is 36.8 Å². The minimum Gasteiger partial charge on any atom is -0.378 e. The molecule has 39 heavy (non-hydrogen) atoms. The molecule has 2 aliphatic heterocycles. The van der Waals surface area contributed by atoms with Crippen LogP contribution in [0.5, 0.6) is 0 Å². The van der Waals surface area contributed by atoms with E-state index in [0.717, 1.165) is 31.7 Å². The lowest BCUT2D eigenvalue weighted by Crippen LogP contribution is -2.51. The molecule has 7 nitrogen and oxygen atoms in total. The number of halogens is 2. The van der Waals surface area contributed by atoms with Crippen LogP contribution in [0, 0.1) is 0 Å². The van der Waals surface area contributed by atoms with Crippen LogP contribution in [0.1, 0.15) is 36.8 Å². The molecule has 3 atom stereocenters. The lowest BCUT2D eigenvalue weighted by Gasteiger charge is -2.40. The van der Waals surface area contributed by atoms with Gasteiger partial charge in [0.1, 0.15) is 12.2 Å². The van der Waals surface area contributed by atoms with Gasteiger partial charge in [0, 0.05) is 34.1 Å². The third-order valence-corrected chi connectivity index (χ3v) is 10.3. The average Bonchev–Trinajstić information content (AvgIpc) is 3.05. The second kappa shape index (κ2) is 11.0.